The Morgan fingerprint density at radius 1 is 1.20 bits per heavy atom. The number of hydrogen-bond donors (Lipinski definition) is 1. The smallest absolute Gasteiger partial charge is 0.220 e. The monoisotopic (exact) mass is 341 g/mol. The average Bonchev–Trinajstić information content (AvgIpc) is 2.23. The van der Waals surface area contributed by atoms with Gasteiger partial charge in [-0.3, -0.25) is 4.79 Å². The van der Waals surface area contributed by atoms with Gasteiger partial charge in [-0.15, -0.1) is 0 Å². The molecule has 3 unspecified atom stereocenters. The highest BCUT2D eigenvalue weighted by Crippen LogP contribution is 2.65. The van der Waals surface area contributed by atoms with Crippen molar-refractivity contribution >= 4 is 21.8 Å². The van der Waals surface area contributed by atoms with Crippen LogP contribution in [0.5, 0.6) is 0 Å². The molecule has 4 fully saturated rings. The van der Waals surface area contributed by atoms with Crippen molar-refractivity contribution in [3.05, 3.63) is 0 Å². The van der Waals surface area contributed by atoms with Crippen LogP contribution in [0.15, 0.2) is 0 Å². The van der Waals surface area contributed by atoms with Gasteiger partial charge in [-0.2, -0.15) is 0 Å². The predicted octanol–water partition coefficient (Wildman–Crippen LogP) is 4.27. The molecule has 0 spiro atoms. The maximum atomic E-state index is 12.4. The topological polar surface area (TPSA) is 29.1 Å². The third-order valence-electron chi connectivity index (χ3n) is 6.04. The van der Waals surface area contributed by atoms with Gasteiger partial charge in [0.15, 0.2) is 0 Å². The minimum atomic E-state index is 0.282. The summed E-state index contributed by atoms with van der Waals surface area (Å²) in [6, 6.07) is 0.286. The SMILES string of the molecule is CC(C)C(C)NC(=O)CC12CC3CC(CC(Br)(C3)C1)C2. The van der Waals surface area contributed by atoms with Crippen LogP contribution in [0.1, 0.15) is 65.7 Å². The van der Waals surface area contributed by atoms with E-state index in [-0.39, 0.29) is 11.9 Å². The lowest BCUT2D eigenvalue weighted by molar-refractivity contribution is -0.129. The molecule has 3 atom stereocenters. The van der Waals surface area contributed by atoms with Crippen LogP contribution in [0.3, 0.4) is 0 Å². The zero-order valence-corrected chi connectivity index (χ0v) is 14.6. The highest BCUT2D eigenvalue weighted by molar-refractivity contribution is 9.10. The maximum absolute atomic E-state index is 12.4. The molecule has 4 aliphatic rings. The van der Waals surface area contributed by atoms with Gasteiger partial charge in [0.25, 0.3) is 0 Å². The summed E-state index contributed by atoms with van der Waals surface area (Å²) in [4.78, 5) is 12.4. The minimum absolute atomic E-state index is 0.282. The average molecular weight is 342 g/mol. The Hall–Kier alpha value is -0.0500. The Bertz CT molecular complexity index is 392. The summed E-state index contributed by atoms with van der Waals surface area (Å²) in [6.45, 7) is 6.46. The van der Waals surface area contributed by atoms with Gasteiger partial charge >= 0.3 is 0 Å². The van der Waals surface area contributed by atoms with Crippen LogP contribution in [0.4, 0.5) is 0 Å². The lowest BCUT2D eigenvalue weighted by Gasteiger charge is -2.60. The number of amides is 1. The molecule has 0 heterocycles. The van der Waals surface area contributed by atoms with Gasteiger partial charge in [-0.1, -0.05) is 29.8 Å². The molecule has 2 nitrogen and oxygen atoms in total. The summed E-state index contributed by atoms with van der Waals surface area (Å²) in [7, 11) is 0. The number of alkyl halides is 1. The van der Waals surface area contributed by atoms with E-state index in [1.807, 2.05) is 0 Å². The number of rotatable bonds is 4. The van der Waals surface area contributed by atoms with Crippen molar-refractivity contribution in [3.63, 3.8) is 0 Å². The number of carbonyl (C=O) groups excluding carboxylic acids is 1. The molecule has 4 bridgehead atoms. The van der Waals surface area contributed by atoms with Crippen LogP contribution in [0, 0.1) is 23.2 Å². The van der Waals surface area contributed by atoms with Crippen LogP contribution in [0.2, 0.25) is 0 Å². The Labute approximate surface area is 131 Å². The molecule has 0 saturated heterocycles. The van der Waals surface area contributed by atoms with E-state index in [2.05, 4.69) is 42.0 Å². The van der Waals surface area contributed by atoms with Gasteiger partial charge in [-0.25, -0.2) is 0 Å². The lowest BCUT2D eigenvalue weighted by Crippen LogP contribution is -2.54. The highest BCUT2D eigenvalue weighted by atomic mass is 79.9. The second-order valence-electron chi connectivity index (χ2n) is 8.39. The molecule has 0 radical (unpaired) electrons. The second kappa shape index (κ2) is 5.00. The molecule has 4 saturated carbocycles. The first kappa shape index (κ1) is 14.9. The summed E-state index contributed by atoms with van der Waals surface area (Å²) in [5.41, 5.74) is 0.300. The molecule has 0 aromatic rings. The van der Waals surface area contributed by atoms with E-state index < -0.39 is 0 Å². The van der Waals surface area contributed by atoms with Gasteiger partial charge in [-0.05, 0) is 68.6 Å². The number of hydrogen-bond acceptors (Lipinski definition) is 1. The van der Waals surface area contributed by atoms with Crippen molar-refractivity contribution < 1.29 is 4.79 Å². The standard InChI is InChI=1S/C17H28BrNO/c1-11(2)12(3)19-15(20)9-16-5-13-4-14(6-16)8-17(18,7-13)10-16/h11-14H,4-10H2,1-3H3,(H,19,20). The summed E-state index contributed by atoms with van der Waals surface area (Å²) in [6.07, 6.45) is 8.66. The first-order valence-corrected chi connectivity index (χ1v) is 9.07. The largest absolute Gasteiger partial charge is 0.353 e. The van der Waals surface area contributed by atoms with E-state index in [4.69, 9.17) is 0 Å². The van der Waals surface area contributed by atoms with E-state index in [0.29, 0.717) is 15.7 Å². The maximum Gasteiger partial charge on any atom is 0.220 e. The van der Waals surface area contributed by atoms with E-state index in [9.17, 15) is 4.79 Å². The van der Waals surface area contributed by atoms with Gasteiger partial charge in [0.1, 0.15) is 0 Å². The lowest BCUT2D eigenvalue weighted by atomic mass is 9.48. The predicted molar refractivity (Wildman–Crippen MR) is 85.8 cm³/mol. The molecule has 1 amide bonds. The van der Waals surface area contributed by atoms with Gasteiger partial charge in [0.05, 0.1) is 0 Å². The van der Waals surface area contributed by atoms with Crippen LogP contribution in [0.25, 0.3) is 0 Å². The third-order valence-corrected chi connectivity index (χ3v) is 6.96. The molecule has 114 valence electrons. The van der Waals surface area contributed by atoms with Crippen molar-refractivity contribution in [2.45, 2.75) is 76.1 Å². The molecule has 4 rings (SSSR count). The van der Waals surface area contributed by atoms with Crippen LogP contribution >= 0.6 is 15.9 Å². The van der Waals surface area contributed by atoms with Crippen molar-refractivity contribution in [3.8, 4) is 0 Å². The van der Waals surface area contributed by atoms with Gasteiger partial charge in [0, 0.05) is 16.8 Å². The molecular formula is C17H28BrNO. The number of nitrogens with one attached hydrogen (secondary N) is 1. The summed E-state index contributed by atoms with van der Waals surface area (Å²) < 4.78 is 0.362. The van der Waals surface area contributed by atoms with Gasteiger partial charge in [0.2, 0.25) is 5.91 Å². The molecule has 20 heavy (non-hydrogen) atoms. The van der Waals surface area contributed by atoms with Crippen molar-refractivity contribution in [1.82, 2.24) is 5.32 Å². The Morgan fingerprint density at radius 2 is 1.80 bits per heavy atom. The van der Waals surface area contributed by atoms with Crippen molar-refractivity contribution in [2.75, 3.05) is 0 Å². The molecular weight excluding hydrogens is 314 g/mol. The normalized spacial score (nSPS) is 43.9. The Balaban J connectivity index is 1.66. The first-order chi connectivity index (χ1) is 9.29. The van der Waals surface area contributed by atoms with Crippen LogP contribution in [-0.4, -0.2) is 16.3 Å². The molecule has 4 aliphatic carbocycles. The van der Waals surface area contributed by atoms with Crippen LogP contribution in [-0.2, 0) is 4.79 Å². The molecule has 0 aromatic heterocycles. The fourth-order valence-corrected chi connectivity index (χ4v) is 6.87. The fourth-order valence-electron chi connectivity index (χ4n) is 5.36. The minimum Gasteiger partial charge on any atom is -0.353 e. The molecule has 1 N–H and O–H groups in total. The Morgan fingerprint density at radius 3 is 2.30 bits per heavy atom. The van der Waals surface area contributed by atoms with E-state index in [1.54, 1.807) is 0 Å². The van der Waals surface area contributed by atoms with Crippen molar-refractivity contribution in [1.29, 1.82) is 0 Å². The quantitative estimate of drug-likeness (QED) is 0.760. The molecule has 0 aliphatic heterocycles. The second-order valence-corrected chi connectivity index (χ2v) is 10.1. The van der Waals surface area contributed by atoms with E-state index in [0.717, 1.165) is 18.3 Å². The summed E-state index contributed by atoms with van der Waals surface area (Å²) in [5.74, 6) is 2.53. The highest BCUT2D eigenvalue weighted by Gasteiger charge is 2.57. The zero-order chi connectivity index (χ0) is 14.5. The Kier molecular flexibility index (Phi) is 3.72. The first-order valence-electron chi connectivity index (χ1n) is 8.28. The van der Waals surface area contributed by atoms with Crippen LogP contribution < -0.4 is 5.32 Å². The van der Waals surface area contributed by atoms with E-state index >= 15 is 0 Å². The molecule has 0 aromatic carbocycles. The zero-order valence-electron chi connectivity index (χ0n) is 13.0. The number of carbonyl (C=O) groups is 1. The molecule has 3 heteroatoms. The fraction of sp³-hybridized carbons (Fsp3) is 0.941. The summed E-state index contributed by atoms with van der Waals surface area (Å²) >= 11 is 4.02. The number of halogens is 1. The third kappa shape index (κ3) is 2.80. The van der Waals surface area contributed by atoms with Crippen molar-refractivity contribution in [2.24, 2.45) is 23.2 Å². The summed E-state index contributed by atoms with van der Waals surface area (Å²) in [5, 5.41) is 3.21. The van der Waals surface area contributed by atoms with Gasteiger partial charge < -0.3 is 5.32 Å². The van der Waals surface area contributed by atoms with E-state index in [1.165, 1.54) is 38.5 Å².